The number of hydrogen-bond acceptors (Lipinski definition) is 7. The maximum atomic E-state index is 12.5. The van der Waals surface area contributed by atoms with Crippen molar-refractivity contribution in [3.05, 3.63) is 30.1 Å². The lowest BCUT2D eigenvalue weighted by molar-refractivity contribution is -0.192. The summed E-state index contributed by atoms with van der Waals surface area (Å²) >= 11 is 0. The highest BCUT2D eigenvalue weighted by Gasteiger charge is 2.46. The number of pyridine rings is 1. The summed E-state index contributed by atoms with van der Waals surface area (Å²) in [7, 11) is -3.30. The number of alkyl halides is 3. The molecule has 10 nitrogen and oxygen atoms in total. The highest BCUT2D eigenvalue weighted by molar-refractivity contribution is 7.89. The number of carboxylic acids is 1. The number of hydrogen-bond donors (Lipinski definition) is 2. The Morgan fingerprint density at radius 1 is 1.35 bits per heavy atom. The molecule has 1 fully saturated rings. The SMILES string of the molecule is CCCCS(=O)(=O)N1CCCC2(CC(C(=O)NCc3cccnc3)=NO2)C1.O=C(O)C(F)(F)F. The maximum Gasteiger partial charge on any atom is 0.490 e. The summed E-state index contributed by atoms with van der Waals surface area (Å²) in [5, 5.41) is 13.9. The van der Waals surface area contributed by atoms with E-state index in [0.717, 1.165) is 12.0 Å². The number of nitrogens with zero attached hydrogens (tertiary/aromatic N) is 3. The van der Waals surface area contributed by atoms with Crippen LogP contribution in [0.2, 0.25) is 0 Å². The molecule has 1 atom stereocenters. The average molecular weight is 509 g/mol. The van der Waals surface area contributed by atoms with Gasteiger partial charge in [0, 0.05) is 31.9 Å². The van der Waals surface area contributed by atoms with E-state index in [-0.39, 0.29) is 18.2 Å². The first-order chi connectivity index (χ1) is 15.9. The van der Waals surface area contributed by atoms with E-state index in [2.05, 4.69) is 15.5 Å². The van der Waals surface area contributed by atoms with Crippen LogP contribution < -0.4 is 5.32 Å². The Balaban J connectivity index is 0.000000509. The van der Waals surface area contributed by atoms with Gasteiger partial charge in [0.25, 0.3) is 5.91 Å². The Labute approximate surface area is 195 Å². The largest absolute Gasteiger partial charge is 0.490 e. The van der Waals surface area contributed by atoms with Crippen LogP contribution in [-0.4, -0.2) is 71.0 Å². The molecule has 1 unspecified atom stereocenters. The van der Waals surface area contributed by atoms with Crippen LogP contribution in [0.3, 0.4) is 0 Å². The highest BCUT2D eigenvalue weighted by atomic mass is 32.2. The first-order valence-electron chi connectivity index (χ1n) is 10.6. The quantitative estimate of drug-likeness (QED) is 0.575. The second-order valence-electron chi connectivity index (χ2n) is 7.94. The van der Waals surface area contributed by atoms with Gasteiger partial charge in [0.15, 0.2) is 5.60 Å². The third-order valence-corrected chi connectivity index (χ3v) is 7.08. The fraction of sp³-hybridized carbons (Fsp3) is 0.600. The topological polar surface area (TPSA) is 138 Å². The third-order valence-electron chi connectivity index (χ3n) is 5.17. The van der Waals surface area contributed by atoms with Gasteiger partial charge >= 0.3 is 12.1 Å². The normalized spacial score (nSPS) is 20.6. The molecule has 0 bridgehead atoms. The lowest BCUT2D eigenvalue weighted by atomic mass is 9.89. The van der Waals surface area contributed by atoms with Crippen molar-refractivity contribution >= 4 is 27.6 Å². The second kappa shape index (κ2) is 11.6. The van der Waals surface area contributed by atoms with Gasteiger partial charge in [-0.2, -0.15) is 17.5 Å². The minimum absolute atomic E-state index is 0.152. The van der Waals surface area contributed by atoms with E-state index in [1.807, 2.05) is 19.1 Å². The zero-order valence-corrected chi connectivity index (χ0v) is 19.4. The van der Waals surface area contributed by atoms with Crippen molar-refractivity contribution < 1.29 is 41.1 Å². The second-order valence-corrected chi connectivity index (χ2v) is 10.0. The standard InChI is InChI=1S/C18H26N4O4S.C2HF3O2/c1-2-3-10-27(24,25)22-9-5-7-18(14-22)11-16(21-26-18)17(23)20-13-15-6-4-8-19-12-15;3-2(4,5)1(6)7/h4,6,8,12H,2-3,5,7,9-11,13-14H2,1H3,(H,20,23);(H,6,7). The van der Waals surface area contributed by atoms with Crippen molar-refractivity contribution in [2.45, 2.75) is 57.3 Å². The van der Waals surface area contributed by atoms with Gasteiger partial charge in [0.2, 0.25) is 10.0 Å². The fourth-order valence-electron chi connectivity index (χ4n) is 3.40. The number of nitrogens with one attached hydrogen (secondary N) is 1. The molecule has 1 amide bonds. The van der Waals surface area contributed by atoms with Gasteiger partial charge in [-0.3, -0.25) is 9.78 Å². The predicted molar refractivity (Wildman–Crippen MR) is 115 cm³/mol. The van der Waals surface area contributed by atoms with Crippen LogP contribution in [0.5, 0.6) is 0 Å². The Morgan fingerprint density at radius 2 is 2.06 bits per heavy atom. The number of halogens is 3. The number of piperidine rings is 1. The average Bonchev–Trinajstić information content (AvgIpc) is 3.19. The van der Waals surface area contributed by atoms with Crippen LogP contribution in [0.15, 0.2) is 29.7 Å². The number of oxime groups is 1. The number of carbonyl (C=O) groups excluding carboxylic acids is 1. The van der Waals surface area contributed by atoms with Crippen molar-refractivity contribution in [1.29, 1.82) is 0 Å². The monoisotopic (exact) mass is 508 g/mol. The molecule has 3 rings (SSSR count). The fourth-order valence-corrected chi connectivity index (χ4v) is 5.15. The molecule has 1 aromatic heterocycles. The van der Waals surface area contributed by atoms with Gasteiger partial charge in [-0.05, 0) is 30.9 Å². The van der Waals surface area contributed by atoms with Crippen molar-refractivity contribution in [2.75, 3.05) is 18.8 Å². The van der Waals surface area contributed by atoms with Gasteiger partial charge < -0.3 is 15.3 Å². The van der Waals surface area contributed by atoms with E-state index in [9.17, 15) is 26.4 Å². The van der Waals surface area contributed by atoms with E-state index in [4.69, 9.17) is 14.7 Å². The predicted octanol–water partition coefficient (Wildman–Crippen LogP) is 2.07. The maximum absolute atomic E-state index is 12.5. The van der Waals surface area contributed by atoms with E-state index in [0.29, 0.717) is 44.5 Å². The molecular formula is C20H27F3N4O6S. The van der Waals surface area contributed by atoms with Gasteiger partial charge in [0.1, 0.15) is 5.71 Å². The summed E-state index contributed by atoms with van der Waals surface area (Å²) in [6.07, 6.45) is 1.47. The van der Waals surface area contributed by atoms with Crippen molar-refractivity contribution in [3.63, 3.8) is 0 Å². The van der Waals surface area contributed by atoms with E-state index < -0.39 is 27.8 Å². The van der Waals surface area contributed by atoms with E-state index in [1.165, 1.54) is 4.31 Å². The molecule has 14 heteroatoms. The summed E-state index contributed by atoms with van der Waals surface area (Å²) in [5.41, 5.74) is 0.482. The molecule has 1 aromatic rings. The molecule has 3 heterocycles. The molecule has 2 N–H and O–H groups in total. The van der Waals surface area contributed by atoms with Gasteiger partial charge in [0.05, 0.1) is 12.3 Å². The van der Waals surface area contributed by atoms with Crippen LogP contribution in [0.4, 0.5) is 13.2 Å². The minimum atomic E-state index is -5.08. The summed E-state index contributed by atoms with van der Waals surface area (Å²) in [6.45, 7) is 3.08. The summed E-state index contributed by atoms with van der Waals surface area (Å²) in [5.74, 6) is -2.90. The first kappa shape index (κ1) is 27.5. The first-order valence-corrected chi connectivity index (χ1v) is 12.2. The van der Waals surface area contributed by atoms with E-state index in [1.54, 1.807) is 12.4 Å². The van der Waals surface area contributed by atoms with Crippen LogP contribution in [0, 0.1) is 0 Å². The number of sulfonamides is 1. The smallest absolute Gasteiger partial charge is 0.475 e. The number of rotatable bonds is 7. The summed E-state index contributed by atoms with van der Waals surface area (Å²) < 4.78 is 58.2. The Hall–Kier alpha value is -2.74. The van der Waals surface area contributed by atoms with Crippen LogP contribution >= 0.6 is 0 Å². The zero-order chi connectivity index (χ0) is 25.4. The minimum Gasteiger partial charge on any atom is -0.475 e. The lowest BCUT2D eigenvalue weighted by Gasteiger charge is -2.37. The Bertz CT molecular complexity index is 988. The number of aliphatic carboxylic acids is 1. The Morgan fingerprint density at radius 3 is 2.65 bits per heavy atom. The summed E-state index contributed by atoms with van der Waals surface area (Å²) in [6, 6.07) is 3.68. The van der Waals surface area contributed by atoms with Crippen LogP contribution in [0.1, 0.15) is 44.6 Å². The molecule has 0 radical (unpaired) electrons. The number of carbonyl (C=O) groups is 2. The highest BCUT2D eigenvalue weighted by Crippen LogP contribution is 2.34. The molecule has 34 heavy (non-hydrogen) atoms. The van der Waals surface area contributed by atoms with Gasteiger partial charge in [-0.25, -0.2) is 13.2 Å². The molecule has 2 aliphatic heterocycles. The third kappa shape index (κ3) is 7.94. The number of aromatic nitrogens is 1. The number of unbranched alkanes of at least 4 members (excludes halogenated alkanes) is 1. The van der Waals surface area contributed by atoms with Crippen molar-refractivity contribution in [2.24, 2.45) is 5.16 Å². The van der Waals surface area contributed by atoms with Crippen LogP contribution in [0.25, 0.3) is 0 Å². The van der Waals surface area contributed by atoms with E-state index >= 15 is 0 Å². The molecule has 0 aliphatic carbocycles. The molecule has 1 saturated heterocycles. The molecular weight excluding hydrogens is 481 g/mol. The Kier molecular flexibility index (Phi) is 9.38. The number of carboxylic acid groups (broad SMARTS) is 1. The molecule has 1 spiro atoms. The molecule has 0 saturated carbocycles. The zero-order valence-electron chi connectivity index (χ0n) is 18.5. The molecule has 2 aliphatic rings. The van der Waals surface area contributed by atoms with Gasteiger partial charge in [-0.1, -0.05) is 24.6 Å². The van der Waals surface area contributed by atoms with Crippen molar-refractivity contribution in [3.8, 4) is 0 Å². The summed E-state index contributed by atoms with van der Waals surface area (Å²) in [4.78, 5) is 30.9. The lowest BCUT2D eigenvalue weighted by Crippen LogP contribution is -2.51. The molecule has 0 aromatic carbocycles. The number of amides is 1. The van der Waals surface area contributed by atoms with Gasteiger partial charge in [-0.15, -0.1) is 0 Å². The van der Waals surface area contributed by atoms with Crippen LogP contribution in [-0.2, 0) is 31.0 Å². The van der Waals surface area contributed by atoms with Crippen molar-refractivity contribution in [1.82, 2.24) is 14.6 Å². The molecule has 190 valence electrons.